The number of aromatic nitrogens is 2. The Morgan fingerprint density at radius 3 is 2.67 bits per heavy atom. The lowest BCUT2D eigenvalue weighted by atomic mass is 9.90. The molecule has 1 aromatic carbocycles. The number of benzene rings is 1. The van der Waals surface area contributed by atoms with E-state index in [2.05, 4.69) is 15.5 Å². The summed E-state index contributed by atoms with van der Waals surface area (Å²) in [5.74, 6) is 1.85. The molecule has 2 N–H and O–H groups in total. The molecule has 2 fully saturated rings. The zero-order valence-electron chi connectivity index (χ0n) is 19.0. The highest BCUT2D eigenvalue weighted by atomic mass is 16.5. The first-order valence-corrected chi connectivity index (χ1v) is 11.8. The Balaban J connectivity index is 1.52. The molecule has 4 heterocycles. The second-order valence-corrected chi connectivity index (χ2v) is 8.64. The quantitative estimate of drug-likeness (QED) is 0.743. The third kappa shape index (κ3) is 4.37. The SMILES string of the molecule is CCNC(=O)Nc1ccc(-c2nc3c(c(N4CCOCC4)n2)CCN2C(=O)CCC[C@@H]32)cc1. The molecule has 0 aliphatic carbocycles. The summed E-state index contributed by atoms with van der Waals surface area (Å²) < 4.78 is 5.56. The third-order valence-electron chi connectivity index (χ3n) is 6.55. The Morgan fingerprint density at radius 2 is 1.91 bits per heavy atom. The van der Waals surface area contributed by atoms with Crippen LogP contribution in [0.4, 0.5) is 16.3 Å². The van der Waals surface area contributed by atoms with Gasteiger partial charge in [0, 0.05) is 49.4 Å². The minimum atomic E-state index is -0.230. The fraction of sp³-hybridized carbons (Fsp3) is 0.500. The number of hydrogen-bond donors (Lipinski definition) is 2. The molecule has 0 radical (unpaired) electrons. The van der Waals surface area contributed by atoms with Crippen molar-refractivity contribution in [1.82, 2.24) is 20.2 Å². The number of nitrogens with zero attached hydrogens (tertiary/aromatic N) is 4. The molecule has 1 atom stereocenters. The number of hydrogen-bond acceptors (Lipinski definition) is 6. The van der Waals surface area contributed by atoms with Crippen LogP contribution in [0.5, 0.6) is 0 Å². The van der Waals surface area contributed by atoms with Crippen LogP contribution in [-0.4, -0.2) is 66.2 Å². The van der Waals surface area contributed by atoms with Gasteiger partial charge in [-0.05, 0) is 50.5 Å². The molecule has 33 heavy (non-hydrogen) atoms. The number of urea groups is 1. The average molecular weight is 451 g/mol. The van der Waals surface area contributed by atoms with Crippen molar-refractivity contribution in [2.75, 3.05) is 49.6 Å². The number of rotatable bonds is 4. The maximum Gasteiger partial charge on any atom is 0.319 e. The fourth-order valence-electron chi connectivity index (χ4n) is 4.93. The van der Waals surface area contributed by atoms with Crippen LogP contribution in [-0.2, 0) is 16.0 Å². The van der Waals surface area contributed by atoms with Crippen LogP contribution in [0, 0.1) is 0 Å². The average Bonchev–Trinajstić information content (AvgIpc) is 2.84. The van der Waals surface area contributed by atoms with Gasteiger partial charge < -0.3 is 25.2 Å². The smallest absolute Gasteiger partial charge is 0.319 e. The van der Waals surface area contributed by atoms with Crippen LogP contribution < -0.4 is 15.5 Å². The van der Waals surface area contributed by atoms with Gasteiger partial charge in [-0.2, -0.15) is 0 Å². The van der Waals surface area contributed by atoms with Crippen molar-refractivity contribution < 1.29 is 14.3 Å². The lowest BCUT2D eigenvalue weighted by molar-refractivity contribution is -0.137. The molecule has 9 nitrogen and oxygen atoms in total. The van der Waals surface area contributed by atoms with Crippen molar-refractivity contribution >= 4 is 23.4 Å². The van der Waals surface area contributed by atoms with Gasteiger partial charge in [-0.25, -0.2) is 14.8 Å². The second kappa shape index (κ2) is 9.35. The van der Waals surface area contributed by atoms with E-state index < -0.39 is 0 Å². The predicted octanol–water partition coefficient (Wildman–Crippen LogP) is 2.73. The molecule has 0 unspecified atom stereocenters. The number of carbonyl (C=O) groups excluding carboxylic acids is 2. The molecule has 5 rings (SSSR count). The van der Waals surface area contributed by atoms with E-state index in [0.717, 1.165) is 56.0 Å². The van der Waals surface area contributed by atoms with E-state index in [0.29, 0.717) is 37.7 Å². The van der Waals surface area contributed by atoms with Crippen molar-refractivity contribution in [3.63, 3.8) is 0 Å². The summed E-state index contributed by atoms with van der Waals surface area (Å²) in [4.78, 5) is 38.7. The number of anilines is 2. The molecular formula is C24H30N6O3. The highest BCUT2D eigenvalue weighted by Crippen LogP contribution is 2.40. The number of piperidine rings is 1. The molecule has 3 amide bonds. The van der Waals surface area contributed by atoms with Crippen LogP contribution in [0.2, 0.25) is 0 Å². The standard InChI is InChI=1S/C24H30N6O3/c1-2-25-24(32)26-17-8-6-16(7-9-17)22-27-21-18(23(28-22)29-12-14-33-15-13-29)10-11-30-19(21)4-3-5-20(30)31/h6-9,19H,2-5,10-15H2,1H3,(H2,25,26,32)/t19-/m0/s1. The van der Waals surface area contributed by atoms with Gasteiger partial charge in [-0.15, -0.1) is 0 Å². The Labute approximate surface area is 193 Å². The van der Waals surface area contributed by atoms with Gasteiger partial charge >= 0.3 is 6.03 Å². The number of carbonyl (C=O) groups is 2. The molecular weight excluding hydrogens is 420 g/mol. The zero-order chi connectivity index (χ0) is 22.8. The maximum atomic E-state index is 12.6. The van der Waals surface area contributed by atoms with E-state index in [4.69, 9.17) is 14.7 Å². The van der Waals surface area contributed by atoms with E-state index >= 15 is 0 Å². The second-order valence-electron chi connectivity index (χ2n) is 8.64. The fourth-order valence-corrected chi connectivity index (χ4v) is 4.93. The largest absolute Gasteiger partial charge is 0.378 e. The first-order valence-electron chi connectivity index (χ1n) is 11.8. The van der Waals surface area contributed by atoms with E-state index in [1.165, 1.54) is 5.56 Å². The minimum absolute atomic E-state index is 0.0234. The van der Waals surface area contributed by atoms with Crippen molar-refractivity contribution in [3.05, 3.63) is 35.5 Å². The Kier molecular flexibility index (Phi) is 6.13. The Bertz CT molecular complexity index is 1040. The molecule has 0 spiro atoms. The van der Waals surface area contributed by atoms with Crippen molar-refractivity contribution in [2.24, 2.45) is 0 Å². The molecule has 1 aromatic heterocycles. The number of ether oxygens (including phenoxy) is 1. The first kappa shape index (κ1) is 21.6. The van der Waals surface area contributed by atoms with Gasteiger partial charge in [-0.3, -0.25) is 4.79 Å². The van der Waals surface area contributed by atoms with Crippen LogP contribution in [0.3, 0.4) is 0 Å². The summed E-state index contributed by atoms with van der Waals surface area (Å²) >= 11 is 0. The highest BCUT2D eigenvalue weighted by Gasteiger charge is 2.37. The molecule has 0 bridgehead atoms. The normalized spacial score (nSPS) is 20.2. The first-order chi connectivity index (χ1) is 16.1. The van der Waals surface area contributed by atoms with Gasteiger partial charge in [0.2, 0.25) is 5.91 Å². The highest BCUT2D eigenvalue weighted by molar-refractivity contribution is 5.89. The van der Waals surface area contributed by atoms with E-state index in [-0.39, 0.29) is 18.0 Å². The van der Waals surface area contributed by atoms with Crippen molar-refractivity contribution in [2.45, 2.75) is 38.6 Å². The lowest BCUT2D eigenvalue weighted by Crippen LogP contribution is -2.44. The lowest BCUT2D eigenvalue weighted by Gasteiger charge is -2.41. The number of nitrogens with one attached hydrogen (secondary N) is 2. The summed E-state index contributed by atoms with van der Waals surface area (Å²) in [6, 6.07) is 7.37. The van der Waals surface area contributed by atoms with E-state index in [1.54, 1.807) is 0 Å². The number of fused-ring (bicyclic) bond motifs is 3. The molecule has 2 saturated heterocycles. The van der Waals surface area contributed by atoms with Gasteiger partial charge in [0.05, 0.1) is 24.9 Å². The van der Waals surface area contributed by atoms with Crippen molar-refractivity contribution in [1.29, 1.82) is 0 Å². The monoisotopic (exact) mass is 450 g/mol. The Hall–Kier alpha value is -3.20. The van der Waals surface area contributed by atoms with Gasteiger partial charge in [0.15, 0.2) is 5.82 Å². The summed E-state index contributed by atoms with van der Waals surface area (Å²) in [7, 11) is 0. The molecule has 174 valence electrons. The van der Waals surface area contributed by atoms with Gasteiger partial charge in [0.1, 0.15) is 5.82 Å². The predicted molar refractivity (Wildman–Crippen MR) is 125 cm³/mol. The van der Waals surface area contributed by atoms with E-state index in [1.807, 2.05) is 36.1 Å². The van der Waals surface area contributed by atoms with Gasteiger partial charge in [-0.1, -0.05) is 0 Å². The van der Waals surface area contributed by atoms with E-state index in [9.17, 15) is 9.59 Å². The number of morpholine rings is 1. The summed E-state index contributed by atoms with van der Waals surface area (Å²) in [6.07, 6.45) is 3.24. The topological polar surface area (TPSA) is 99.7 Å². The van der Waals surface area contributed by atoms with Gasteiger partial charge in [0.25, 0.3) is 0 Å². The van der Waals surface area contributed by atoms with Crippen LogP contribution in [0.1, 0.15) is 43.5 Å². The zero-order valence-corrected chi connectivity index (χ0v) is 19.0. The third-order valence-corrected chi connectivity index (χ3v) is 6.55. The summed E-state index contributed by atoms with van der Waals surface area (Å²) in [5.41, 5.74) is 3.75. The molecule has 3 aliphatic heterocycles. The molecule has 3 aliphatic rings. The summed E-state index contributed by atoms with van der Waals surface area (Å²) in [6.45, 7) is 6.14. The number of amides is 3. The Morgan fingerprint density at radius 1 is 1.12 bits per heavy atom. The maximum absolute atomic E-state index is 12.6. The van der Waals surface area contributed by atoms with Crippen LogP contribution in [0.25, 0.3) is 11.4 Å². The molecule has 0 saturated carbocycles. The molecule has 9 heteroatoms. The van der Waals surface area contributed by atoms with Crippen molar-refractivity contribution in [3.8, 4) is 11.4 Å². The summed E-state index contributed by atoms with van der Waals surface area (Å²) in [5, 5.41) is 5.55. The minimum Gasteiger partial charge on any atom is -0.378 e. The molecule has 2 aromatic rings. The van der Waals surface area contributed by atoms with Crippen LogP contribution >= 0.6 is 0 Å². The van der Waals surface area contributed by atoms with Crippen LogP contribution in [0.15, 0.2) is 24.3 Å².